The van der Waals surface area contributed by atoms with E-state index >= 15 is 0 Å². The van der Waals surface area contributed by atoms with Crippen molar-refractivity contribution in [2.24, 2.45) is 0 Å². The van der Waals surface area contributed by atoms with Gasteiger partial charge in [0.2, 0.25) is 0 Å². The third kappa shape index (κ3) is 3.83. The summed E-state index contributed by atoms with van der Waals surface area (Å²) >= 11 is 6.49. The Morgan fingerprint density at radius 2 is 1.89 bits per heavy atom. The number of methoxy groups -OCH3 is 1. The Balaban J connectivity index is 1.89. The van der Waals surface area contributed by atoms with E-state index in [4.69, 9.17) is 16.3 Å². The van der Waals surface area contributed by atoms with Crippen LogP contribution in [-0.4, -0.2) is 22.8 Å². The molecule has 0 saturated heterocycles. The van der Waals surface area contributed by atoms with Crippen molar-refractivity contribution in [3.63, 3.8) is 0 Å². The Morgan fingerprint density at radius 1 is 1.19 bits per heavy atom. The number of amides is 1. The molecule has 0 fully saturated rings. The fraction of sp³-hybridized carbons (Fsp3) is 0.238. The zero-order chi connectivity index (χ0) is 19.6. The number of nitrogens with zero attached hydrogens (tertiary/aromatic N) is 2. The third-order valence-electron chi connectivity index (χ3n) is 4.43. The van der Waals surface area contributed by atoms with Crippen molar-refractivity contribution in [2.75, 3.05) is 7.11 Å². The van der Waals surface area contributed by atoms with Crippen molar-refractivity contribution in [3.05, 3.63) is 76.1 Å². The van der Waals surface area contributed by atoms with Crippen LogP contribution in [-0.2, 0) is 0 Å². The molecule has 0 aliphatic rings. The van der Waals surface area contributed by atoms with Gasteiger partial charge in [0, 0.05) is 5.56 Å². The van der Waals surface area contributed by atoms with Gasteiger partial charge >= 0.3 is 0 Å². The molecule has 0 spiro atoms. The van der Waals surface area contributed by atoms with Gasteiger partial charge in [0.15, 0.2) is 0 Å². The highest BCUT2D eigenvalue weighted by atomic mass is 35.5. The maximum atomic E-state index is 12.9. The quantitative estimate of drug-likeness (QED) is 0.698. The first-order valence-corrected chi connectivity index (χ1v) is 9.06. The molecule has 1 aromatic heterocycles. The summed E-state index contributed by atoms with van der Waals surface area (Å²) in [7, 11) is 1.62. The molecule has 0 saturated carbocycles. The summed E-state index contributed by atoms with van der Waals surface area (Å²) < 4.78 is 7.00. The maximum absolute atomic E-state index is 12.9. The Bertz CT molecular complexity index is 967. The van der Waals surface area contributed by atoms with Crippen LogP contribution in [0, 0.1) is 13.8 Å². The zero-order valence-electron chi connectivity index (χ0n) is 15.8. The van der Waals surface area contributed by atoms with Crippen LogP contribution < -0.4 is 10.1 Å². The number of hydrogen-bond acceptors (Lipinski definition) is 3. The second kappa shape index (κ2) is 7.84. The lowest BCUT2D eigenvalue weighted by molar-refractivity contribution is 0.0939. The molecule has 1 amide bonds. The summed E-state index contributed by atoms with van der Waals surface area (Å²) in [6, 6.07) is 15.1. The second-order valence-corrected chi connectivity index (χ2v) is 6.80. The zero-order valence-corrected chi connectivity index (χ0v) is 16.5. The smallest absolute Gasteiger partial charge is 0.256 e. The van der Waals surface area contributed by atoms with Gasteiger partial charge in [-0.3, -0.25) is 4.79 Å². The molecule has 1 atom stereocenters. The van der Waals surface area contributed by atoms with Gasteiger partial charge in [-0.15, -0.1) is 0 Å². The summed E-state index contributed by atoms with van der Waals surface area (Å²) in [6.45, 7) is 5.70. The summed E-state index contributed by atoms with van der Waals surface area (Å²) in [5.74, 6) is 0.465. The lowest BCUT2D eigenvalue weighted by Gasteiger charge is -2.18. The summed E-state index contributed by atoms with van der Waals surface area (Å²) in [5.41, 5.74) is 3.76. The van der Waals surface area contributed by atoms with Crippen molar-refractivity contribution < 1.29 is 9.53 Å². The third-order valence-corrected chi connectivity index (χ3v) is 4.78. The number of halogens is 1. The van der Waals surface area contributed by atoms with E-state index in [1.807, 2.05) is 62.4 Å². The predicted molar refractivity (Wildman–Crippen MR) is 107 cm³/mol. The molecule has 1 N–H and O–H groups in total. The lowest BCUT2D eigenvalue weighted by atomic mass is 10.0. The number of aromatic nitrogens is 2. The van der Waals surface area contributed by atoms with Crippen LogP contribution in [0.25, 0.3) is 5.69 Å². The lowest BCUT2D eigenvalue weighted by Crippen LogP contribution is -2.27. The molecule has 27 heavy (non-hydrogen) atoms. The SMILES string of the molecule is COc1ccc(C)cc1[C@H](C)NC(=O)c1c(C)nn(-c2ccccc2)c1Cl. The summed E-state index contributed by atoms with van der Waals surface area (Å²) in [6.07, 6.45) is 0. The molecule has 3 rings (SSSR count). The molecule has 0 bridgehead atoms. The van der Waals surface area contributed by atoms with Crippen LogP contribution >= 0.6 is 11.6 Å². The highest BCUT2D eigenvalue weighted by molar-refractivity contribution is 6.33. The molecular formula is C21H22ClN3O2. The standard InChI is InChI=1S/C21H22ClN3O2/c1-13-10-11-18(27-4)17(12-13)14(2)23-21(26)19-15(3)24-25(20(19)22)16-8-6-5-7-9-16/h5-12,14H,1-4H3,(H,23,26)/t14-/m0/s1. The minimum Gasteiger partial charge on any atom is -0.496 e. The number of aryl methyl sites for hydroxylation is 2. The van der Waals surface area contributed by atoms with E-state index < -0.39 is 0 Å². The van der Waals surface area contributed by atoms with Crippen LogP contribution in [0.15, 0.2) is 48.5 Å². The van der Waals surface area contributed by atoms with Crippen molar-refractivity contribution in [1.29, 1.82) is 0 Å². The summed E-state index contributed by atoms with van der Waals surface area (Å²) in [4.78, 5) is 12.9. The Kier molecular flexibility index (Phi) is 5.51. The van der Waals surface area contributed by atoms with E-state index in [1.165, 1.54) is 0 Å². The number of hydrogen-bond donors (Lipinski definition) is 1. The number of ether oxygens (including phenoxy) is 1. The largest absolute Gasteiger partial charge is 0.496 e. The molecule has 0 unspecified atom stereocenters. The van der Waals surface area contributed by atoms with E-state index in [9.17, 15) is 4.79 Å². The van der Waals surface area contributed by atoms with E-state index in [0.29, 0.717) is 16.4 Å². The number of benzene rings is 2. The predicted octanol–water partition coefficient (Wildman–Crippen LogP) is 4.64. The molecule has 6 heteroatoms. The molecule has 5 nitrogen and oxygen atoms in total. The monoisotopic (exact) mass is 383 g/mol. The Morgan fingerprint density at radius 3 is 2.56 bits per heavy atom. The normalized spacial score (nSPS) is 11.9. The topological polar surface area (TPSA) is 56.1 Å². The van der Waals surface area contributed by atoms with Crippen molar-refractivity contribution in [2.45, 2.75) is 26.8 Å². The van der Waals surface area contributed by atoms with E-state index in [1.54, 1.807) is 18.7 Å². The van der Waals surface area contributed by atoms with Gasteiger partial charge in [-0.2, -0.15) is 5.10 Å². The van der Waals surface area contributed by atoms with Gasteiger partial charge in [-0.05, 0) is 39.0 Å². The number of carbonyl (C=O) groups excluding carboxylic acids is 1. The van der Waals surface area contributed by atoms with Crippen molar-refractivity contribution >= 4 is 17.5 Å². The first-order valence-electron chi connectivity index (χ1n) is 8.68. The van der Waals surface area contributed by atoms with E-state index in [-0.39, 0.29) is 11.9 Å². The van der Waals surface area contributed by atoms with Crippen LogP contribution in [0.3, 0.4) is 0 Å². The molecule has 1 heterocycles. The van der Waals surface area contributed by atoms with Crippen LogP contribution in [0.5, 0.6) is 5.75 Å². The molecule has 3 aromatic rings. The molecule has 0 aliphatic carbocycles. The number of para-hydroxylation sites is 1. The first kappa shape index (κ1) is 19.0. The van der Waals surface area contributed by atoms with E-state index in [2.05, 4.69) is 10.4 Å². The van der Waals surface area contributed by atoms with Gasteiger partial charge in [0.05, 0.1) is 30.1 Å². The minimum absolute atomic E-state index is 0.247. The Hall–Kier alpha value is -2.79. The van der Waals surface area contributed by atoms with Gasteiger partial charge in [-0.25, -0.2) is 4.68 Å². The number of nitrogens with one attached hydrogen (secondary N) is 1. The highest BCUT2D eigenvalue weighted by Gasteiger charge is 2.23. The van der Waals surface area contributed by atoms with Gasteiger partial charge in [0.1, 0.15) is 10.9 Å². The second-order valence-electron chi connectivity index (χ2n) is 6.44. The fourth-order valence-electron chi connectivity index (χ4n) is 3.04. The van der Waals surface area contributed by atoms with Crippen molar-refractivity contribution in [3.8, 4) is 11.4 Å². The van der Waals surface area contributed by atoms with Crippen molar-refractivity contribution in [1.82, 2.24) is 15.1 Å². The molecule has 2 aromatic carbocycles. The summed E-state index contributed by atoms with van der Waals surface area (Å²) in [5, 5.41) is 7.72. The molecule has 0 radical (unpaired) electrons. The maximum Gasteiger partial charge on any atom is 0.256 e. The van der Waals surface area contributed by atoms with Gasteiger partial charge < -0.3 is 10.1 Å². The van der Waals surface area contributed by atoms with Crippen LogP contribution in [0.4, 0.5) is 0 Å². The van der Waals surface area contributed by atoms with Gasteiger partial charge in [-0.1, -0.05) is 47.5 Å². The Labute approximate surface area is 163 Å². The molecular weight excluding hydrogens is 362 g/mol. The highest BCUT2D eigenvalue weighted by Crippen LogP contribution is 2.28. The van der Waals surface area contributed by atoms with Gasteiger partial charge in [0.25, 0.3) is 5.91 Å². The first-order chi connectivity index (χ1) is 12.9. The average molecular weight is 384 g/mol. The number of carbonyl (C=O) groups is 1. The van der Waals surface area contributed by atoms with Crippen LogP contribution in [0.1, 0.15) is 40.1 Å². The molecule has 140 valence electrons. The fourth-order valence-corrected chi connectivity index (χ4v) is 3.39. The molecule has 0 aliphatic heterocycles. The average Bonchev–Trinajstić information content (AvgIpc) is 2.96. The van der Waals surface area contributed by atoms with Crippen LogP contribution in [0.2, 0.25) is 5.15 Å². The van der Waals surface area contributed by atoms with E-state index in [0.717, 1.165) is 22.6 Å². The number of rotatable bonds is 5. The minimum atomic E-state index is -0.268.